The Hall–Kier alpha value is -2.07. The van der Waals surface area contributed by atoms with Crippen molar-refractivity contribution in [1.82, 2.24) is 14.6 Å². The molecule has 0 saturated heterocycles. The Morgan fingerprint density at radius 2 is 2.04 bits per heavy atom. The second kappa shape index (κ2) is 5.24. The summed E-state index contributed by atoms with van der Waals surface area (Å²) in [7, 11) is 1.68. The van der Waals surface area contributed by atoms with Gasteiger partial charge in [-0.05, 0) is 56.4 Å². The van der Waals surface area contributed by atoms with Crippen molar-refractivity contribution in [3.05, 3.63) is 45.9 Å². The minimum atomic E-state index is 0.711. The van der Waals surface area contributed by atoms with Crippen molar-refractivity contribution in [2.75, 3.05) is 7.11 Å². The van der Waals surface area contributed by atoms with E-state index in [2.05, 4.69) is 18.1 Å². The van der Waals surface area contributed by atoms with Crippen molar-refractivity contribution in [2.24, 2.45) is 0 Å². The minimum Gasteiger partial charge on any atom is -0.497 e. The fourth-order valence-corrected chi connectivity index (χ4v) is 3.76. The summed E-state index contributed by atoms with van der Waals surface area (Å²) in [5, 5.41) is 5.35. The topological polar surface area (TPSA) is 39.4 Å². The Labute approximate surface area is 140 Å². The quantitative estimate of drug-likeness (QED) is 0.663. The predicted molar refractivity (Wildman–Crippen MR) is 91.5 cm³/mol. The normalized spacial score (nSPS) is 13.6. The molecule has 118 valence electrons. The fraction of sp³-hybridized carbons (Fsp3) is 0.333. The lowest BCUT2D eigenvalue weighted by molar-refractivity contribution is 0.414. The molecule has 4 rings (SSSR count). The number of aromatic nitrogens is 3. The molecule has 2 heterocycles. The molecule has 0 atom stereocenters. The highest BCUT2D eigenvalue weighted by molar-refractivity contribution is 6.30. The number of benzene rings is 1. The first-order valence-corrected chi connectivity index (χ1v) is 8.19. The largest absolute Gasteiger partial charge is 0.497 e. The van der Waals surface area contributed by atoms with Gasteiger partial charge in [0.2, 0.25) is 0 Å². The number of rotatable bonds is 2. The van der Waals surface area contributed by atoms with Gasteiger partial charge in [-0.15, -0.1) is 0 Å². The van der Waals surface area contributed by atoms with Crippen molar-refractivity contribution >= 4 is 17.2 Å². The molecule has 0 saturated carbocycles. The van der Waals surface area contributed by atoms with E-state index in [0.29, 0.717) is 5.15 Å². The third kappa shape index (κ3) is 2.12. The van der Waals surface area contributed by atoms with Crippen LogP contribution in [0.15, 0.2) is 18.2 Å². The molecule has 23 heavy (non-hydrogen) atoms. The van der Waals surface area contributed by atoms with E-state index in [0.717, 1.165) is 64.3 Å². The van der Waals surface area contributed by atoms with Gasteiger partial charge in [-0.25, -0.2) is 9.50 Å². The average Bonchev–Trinajstić information content (AvgIpc) is 3.12. The van der Waals surface area contributed by atoms with Crippen LogP contribution in [-0.2, 0) is 12.8 Å². The van der Waals surface area contributed by atoms with Gasteiger partial charge >= 0.3 is 0 Å². The molecule has 0 unspecified atom stereocenters. The van der Waals surface area contributed by atoms with E-state index in [4.69, 9.17) is 21.3 Å². The summed E-state index contributed by atoms with van der Waals surface area (Å²) in [6.07, 6.45) is 3.11. The van der Waals surface area contributed by atoms with Gasteiger partial charge in [0.05, 0.1) is 12.8 Å². The number of fused-ring (bicyclic) bond motifs is 2. The Morgan fingerprint density at radius 1 is 1.22 bits per heavy atom. The van der Waals surface area contributed by atoms with Crippen LogP contribution < -0.4 is 4.74 Å². The first-order valence-electron chi connectivity index (χ1n) is 7.81. The number of methoxy groups -OCH3 is 1. The van der Waals surface area contributed by atoms with Crippen molar-refractivity contribution in [3.63, 3.8) is 0 Å². The van der Waals surface area contributed by atoms with Gasteiger partial charge in [0.15, 0.2) is 5.65 Å². The summed E-state index contributed by atoms with van der Waals surface area (Å²) in [4.78, 5) is 4.88. The lowest BCUT2D eigenvalue weighted by atomic mass is 10.0. The van der Waals surface area contributed by atoms with E-state index in [1.165, 1.54) is 0 Å². The first-order chi connectivity index (χ1) is 11.1. The molecule has 3 aromatic rings. The van der Waals surface area contributed by atoms with Crippen LogP contribution >= 0.6 is 11.6 Å². The number of nitrogens with zero attached hydrogens (tertiary/aromatic N) is 3. The molecule has 0 aliphatic heterocycles. The van der Waals surface area contributed by atoms with Crippen molar-refractivity contribution in [1.29, 1.82) is 0 Å². The molecule has 4 nitrogen and oxygen atoms in total. The van der Waals surface area contributed by atoms with Gasteiger partial charge in [-0.3, -0.25) is 0 Å². The molecule has 1 aliphatic rings. The summed E-state index contributed by atoms with van der Waals surface area (Å²) in [5.74, 6) is 0.854. The zero-order chi connectivity index (χ0) is 16.1. The van der Waals surface area contributed by atoms with Gasteiger partial charge in [-0.1, -0.05) is 17.7 Å². The smallest absolute Gasteiger partial charge is 0.165 e. The third-order valence-corrected chi connectivity index (χ3v) is 4.99. The van der Waals surface area contributed by atoms with Gasteiger partial charge in [-0.2, -0.15) is 5.10 Å². The molecule has 0 amide bonds. The molecule has 1 aliphatic carbocycles. The first kappa shape index (κ1) is 14.5. The zero-order valence-corrected chi connectivity index (χ0v) is 14.2. The number of halogens is 1. The van der Waals surface area contributed by atoms with Gasteiger partial charge < -0.3 is 4.74 Å². The van der Waals surface area contributed by atoms with E-state index >= 15 is 0 Å². The number of ether oxygens (including phenoxy) is 1. The van der Waals surface area contributed by atoms with Crippen LogP contribution in [-0.4, -0.2) is 21.7 Å². The van der Waals surface area contributed by atoms with Crippen LogP contribution in [0.25, 0.3) is 16.8 Å². The Bertz CT molecular complexity index is 930. The molecule has 5 heteroatoms. The molecule has 0 N–H and O–H groups in total. The number of aryl methyl sites for hydroxylation is 3. The fourth-order valence-electron chi connectivity index (χ4n) is 3.44. The van der Waals surface area contributed by atoms with Crippen LogP contribution in [0.3, 0.4) is 0 Å². The van der Waals surface area contributed by atoms with E-state index in [-0.39, 0.29) is 0 Å². The second-order valence-electron chi connectivity index (χ2n) is 6.06. The Morgan fingerprint density at radius 3 is 2.78 bits per heavy atom. The van der Waals surface area contributed by atoms with Crippen LogP contribution in [0.1, 0.15) is 28.9 Å². The minimum absolute atomic E-state index is 0.711. The summed E-state index contributed by atoms with van der Waals surface area (Å²) >= 11 is 6.59. The molecular formula is C18H18ClN3O. The standard InChI is InChI=1S/C18H18ClN3O/c1-10-9-12(23-3)7-8-13(10)16-11(2)21-22-17(19)14-5-4-6-15(14)20-18(16)22/h7-9H,4-6H2,1-3H3. The number of hydrogen-bond acceptors (Lipinski definition) is 3. The predicted octanol–water partition coefficient (Wildman–Crippen LogP) is 4.16. The summed E-state index contributed by atoms with van der Waals surface area (Å²) in [6, 6.07) is 6.08. The lowest BCUT2D eigenvalue weighted by Crippen LogP contribution is -2.00. The maximum atomic E-state index is 6.59. The third-order valence-electron chi connectivity index (χ3n) is 4.60. The van der Waals surface area contributed by atoms with Crippen LogP contribution in [0.4, 0.5) is 0 Å². The maximum absolute atomic E-state index is 6.59. The van der Waals surface area contributed by atoms with E-state index in [1.54, 1.807) is 11.6 Å². The molecular weight excluding hydrogens is 310 g/mol. The van der Waals surface area contributed by atoms with E-state index in [9.17, 15) is 0 Å². The van der Waals surface area contributed by atoms with Crippen molar-refractivity contribution in [3.8, 4) is 16.9 Å². The van der Waals surface area contributed by atoms with E-state index < -0.39 is 0 Å². The van der Waals surface area contributed by atoms with Gasteiger partial charge in [0.25, 0.3) is 0 Å². The van der Waals surface area contributed by atoms with Crippen LogP contribution in [0, 0.1) is 13.8 Å². The molecule has 0 radical (unpaired) electrons. The SMILES string of the molecule is COc1ccc(-c2c(C)nn3c(Cl)c4c(nc23)CCC4)c(C)c1. The summed E-state index contributed by atoms with van der Waals surface area (Å²) in [5.41, 5.74) is 7.38. The second-order valence-corrected chi connectivity index (χ2v) is 6.42. The summed E-state index contributed by atoms with van der Waals surface area (Å²) in [6.45, 7) is 4.09. The van der Waals surface area contributed by atoms with Crippen LogP contribution in [0.2, 0.25) is 5.15 Å². The van der Waals surface area contributed by atoms with Gasteiger partial charge in [0.1, 0.15) is 10.9 Å². The Balaban J connectivity index is 2.01. The number of hydrogen-bond donors (Lipinski definition) is 0. The molecule has 0 fully saturated rings. The zero-order valence-electron chi connectivity index (χ0n) is 13.5. The molecule has 1 aromatic carbocycles. The highest BCUT2D eigenvalue weighted by atomic mass is 35.5. The maximum Gasteiger partial charge on any atom is 0.165 e. The van der Waals surface area contributed by atoms with Crippen LogP contribution in [0.5, 0.6) is 5.75 Å². The van der Waals surface area contributed by atoms with E-state index in [1.807, 2.05) is 19.1 Å². The molecule has 2 aromatic heterocycles. The molecule has 0 bridgehead atoms. The lowest BCUT2D eigenvalue weighted by Gasteiger charge is -2.09. The van der Waals surface area contributed by atoms with Crippen molar-refractivity contribution < 1.29 is 4.74 Å². The average molecular weight is 328 g/mol. The molecule has 0 spiro atoms. The Kier molecular flexibility index (Phi) is 3.31. The monoisotopic (exact) mass is 327 g/mol. The highest BCUT2D eigenvalue weighted by Gasteiger charge is 2.23. The highest BCUT2D eigenvalue weighted by Crippen LogP contribution is 2.36. The summed E-state index contributed by atoms with van der Waals surface area (Å²) < 4.78 is 7.10. The van der Waals surface area contributed by atoms with Crippen molar-refractivity contribution in [2.45, 2.75) is 33.1 Å². The van der Waals surface area contributed by atoms with Gasteiger partial charge in [0, 0.05) is 16.8 Å².